The molecule has 15 nitrogen and oxygen atoms in total. The molecule has 0 spiro atoms. The Balaban J connectivity index is 0.896. The number of aromatic nitrogens is 3. The van der Waals surface area contributed by atoms with Gasteiger partial charge >= 0.3 is 5.97 Å². The molecule has 2 aromatic heterocycles. The number of ether oxygens (including phenoxy) is 2. The molecule has 374 valence electrons. The molecular weight excluding hydrogens is 952 g/mol. The van der Waals surface area contributed by atoms with Gasteiger partial charge in [-0.3, -0.25) is 24.0 Å². The van der Waals surface area contributed by atoms with Crippen molar-refractivity contribution in [1.82, 2.24) is 30.5 Å². The second kappa shape index (κ2) is 19.9. The van der Waals surface area contributed by atoms with E-state index in [0.717, 1.165) is 32.8 Å². The van der Waals surface area contributed by atoms with Crippen molar-refractivity contribution in [2.24, 2.45) is 16.2 Å². The molecule has 0 bridgehead atoms. The van der Waals surface area contributed by atoms with Crippen LogP contribution < -0.4 is 20.1 Å². The number of fused-ring (bicyclic) bond motifs is 1. The summed E-state index contributed by atoms with van der Waals surface area (Å²) in [4.78, 5) is 80.4. The average Bonchev–Trinajstić information content (AvgIpc) is 4.12. The lowest BCUT2D eigenvalue weighted by Gasteiger charge is -2.65. The molecule has 4 heterocycles. The molecule has 17 heteroatoms. The lowest BCUT2D eigenvalue weighted by Crippen LogP contribution is -2.74. The van der Waals surface area contributed by atoms with Crippen LogP contribution in [0.25, 0.3) is 15.3 Å². The summed E-state index contributed by atoms with van der Waals surface area (Å²) in [6.45, 7) is 26.6. The molecule has 1 saturated heterocycles. The van der Waals surface area contributed by atoms with Crippen molar-refractivity contribution in [2.75, 3.05) is 6.54 Å². The van der Waals surface area contributed by atoms with Gasteiger partial charge in [0.2, 0.25) is 30.2 Å². The van der Waals surface area contributed by atoms with Gasteiger partial charge in [0.15, 0.2) is 0 Å². The number of halogens is 1. The lowest BCUT2D eigenvalue weighted by atomic mass is 9.49. The molecule has 2 fully saturated rings. The van der Waals surface area contributed by atoms with Crippen molar-refractivity contribution >= 4 is 58.2 Å². The average molecular weight is 1010 g/mol. The molecule has 8 rings (SSSR count). The summed E-state index contributed by atoms with van der Waals surface area (Å²) in [6.07, 6.45) is 2.55. The highest BCUT2D eigenvalue weighted by molar-refractivity contribution is 7.13. The van der Waals surface area contributed by atoms with Crippen LogP contribution in [0.2, 0.25) is 5.02 Å². The van der Waals surface area contributed by atoms with Crippen LogP contribution >= 0.6 is 22.9 Å². The predicted molar refractivity (Wildman–Crippen MR) is 273 cm³/mol. The predicted octanol–water partition coefficient (Wildman–Crippen LogP) is 8.12. The number of H-pyrrole nitrogens is 1. The van der Waals surface area contributed by atoms with E-state index in [4.69, 9.17) is 27.6 Å². The van der Waals surface area contributed by atoms with Crippen LogP contribution in [0, 0.1) is 41.6 Å². The first-order chi connectivity index (χ1) is 34.0. The van der Waals surface area contributed by atoms with Gasteiger partial charge in [-0.2, -0.15) is 5.10 Å². The van der Waals surface area contributed by atoms with Gasteiger partial charge in [-0.25, -0.2) is 9.83 Å². The smallest absolute Gasteiger partial charge is 0.302 e. The number of benzene rings is 3. The zero-order valence-electron chi connectivity index (χ0n) is 42.2. The number of nitrogens with one attached hydrogen (secondary N) is 3. The zero-order valence-corrected chi connectivity index (χ0v) is 43.8. The van der Waals surface area contributed by atoms with E-state index in [1.807, 2.05) is 87.5 Å². The first kappa shape index (κ1) is 51.3. The minimum absolute atomic E-state index is 0.00579. The van der Waals surface area contributed by atoms with Gasteiger partial charge < -0.3 is 29.9 Å². The Hall–Kier alpha value is -7.01. The number of aryl methyl sites for hydroxylation is 1. The maximum atomic E-state index is 14.5. The van der Waals surface area contributed by atoms with Gasteiger partial charge in [0.05, 0.1) is 46.5 Å². The molecule has 4 atom stereocenters. The van der Waals surface area contributed by atoms with E-state index in [0.29, 0.717) is 34.1 Å². The molecule has 0 radical (unpaired) electrons. The van der Waals surface area contributed by atoms with E-state index < -0.39 is 64.2 Å². The summed E-state index contributed by atoms with van der Waals surface area (Å²) in [5, 5.41) is 9.37. The summed E-state index contributed by atoms with van der Waals surface area (Å²) >= 11 is 7.88. The summed E-state index contributed by atoms with van der Waals surface area (Å²) in [5.74, 6) is 5.07. The third kappa shape index (κ3) is 10.3. The fourth-order valence-corrected chi connectivity index (χ4v) is 12.0. The van der Waals surface area contributed by atoms with Crippen LogP contribution in [0.15, 0.2) is 78.6 Å². The van der Waals surface area contributed by atoms with Crippen LogP contribution in [0.4, 0.5) is 5.69 Å². The number of thiazole rings is 1. The Kier molecular flexibility index (Phi) is 14.2. The number of nitrogens with zero attached hydrogens (tertiary/aromatic N) is 5. The number of hydrogen-bond acceptors (Lipinski definition) is 9. The Morgan fingerprint density at radius 2 is 1.74 bits per heavy atom. The first-order valence-corrected chi connectivity index (χ1v) is 25.2. The largest absolute Gasteiger partial charge is 0.489 e. The van der Waals surface area contributed by atoms with Crippen LogP contribution in [0.3, 0.4) is 0 Å². The fraction of sp³-hybridized carbons (Fsp3) is 0.418. The topological polar surface area (TPSA) is 171 Å². The number of rotatable bonds is 12. The normalized spacial score (nSPS) is 20.5. The van der Waals surface area contributed by atoms with E-state index in [1.54, 1.807) is 46.6 Å². The van der Waals surface area contributed by atoms with Gasteiger partial charge in [-0.05, 0) is 66.3 Å². The molecular formula is C55H60ClN8O7S+. The summed E-state index contributed by atoms with van der Waals surface area (Å²) in [6, 6.07) is 16.1. The number of amides is 4. The molecule has 4 amide bonds. The Bertz CT molecular complexity index is 3050. The lowest BCUT2D eigenvalue weighted by molar-refractivity contribution is -0.738. The third-order valence-corrected chi connectivity index (χ3v) is 15.3. The molecule has 3 aliphatic rings. The van der Waals surface area contributed by atoms with E-state index in [9.17, 15) is 24.0 Å². The monoisotopic (exact) mass is 1010 g/mol. The molecule has 5 aromatic rings. The van der Waals surface area contributed by atoms with Crippen LogP contribution in [0.5, 0.6) is 5.75 Å². The van der Waals surface area contributed by atoms with E-state index in [1.165, 1.54) is 11.8 Å². The summed E-state index contributed by atoms with van der Waals surface area (Å²) in [7, 11) is 0. The Labute approximate surface area is 429 Å². The SMILES string of the molecule is [C-]#[N+]c1ccc(OC2C(C)(C)C(N3Cc4cc(C#Cc5c[nH][n+](CC(=O)N[C@H](C(=O)N6C[C@H](OC(C)=O)C[C@H]6C(=O)N[C@@H](C)c6ccc(-c7scnc7C)cc6)C(C)(C)C)c5)ccc4C3=O)C2(C)C)cc1Cl. The van der Waals surface area contributed by atoms with Crippen LogP contribution in [0.1, 0.15) is 113 Å². The summed E-state index contributed by atoms with van der Waals surface area (Å²) in [5.41, 5.74) is 6.31. The molecule has 2 aliphatic heterocycles. The highest BCUT2D eigenvalue weighted by Crippen LogP contribution is 2.59. The van der Waals surface area contributed by atoms with Crippen molar-refractivity contribution in [3.63, 3.8) is 0 Å². The second-order valence-corrected chi connectivity index (χ2v) is 22.5. The van der Waals surface area contributed by atoms with Gasteiger partial charge in [0, 0.05) is 47.9 Å². The molecule has 0 unspecified atom stereocenters. The maximum absolute atomic E-state index is 14.5. The first-order valence-electron chi connectivity index (χ1n) is 23.9. The number of likely N-dealkylation sites (tertiary alicyclic amines) is 1. The van der Waals surface area contributed by atoms with Gasteiger partial charge in [0.25, 0.3) is 11.8 Å². The highest BCUT2D eigenvalue weighted by Gasteiger charge is 2.67. The zero-order chi connectivity index (χ0) is 52.0. The molecule has 3 N–H and O–H groups in total. The minimum Gasteiger partial charge on any atom is -0.489 e. The highest BCUT2D eigenvalue weighted by atomic mass is 35.5. The van der Waals surface area contributed by atoms with Crippen LogP contribution in [-0.2, 0) is 37.0 Å². The molecule has 1 saturated carbocycles. The number of hydrogen-bond donors (Lipinski definition) is 3. The minimum atomic E-state index is -1.03. The van der Waals surface area contributed by atoms with Crippen LogP contribution in [-0.4, -0.2) is 86.4 Å². The third-order valence-electron chi connectivity index (χ3n) is 14.0. The van der Waals surface area contributed by atoms with Gasteiger partial charge in [-0.15, -0.1) is 16.0 Å². The molecule has 72 heavy (non-hydrogen) atoms. The van der Waals surface area contributed by atoms with Gasteiger partial charge in [0.1, 0.15) is 35.6 Å². The quantitative estimate of drug-likeness (QED) is 0.0487. The number of esters is 1. The molecule has 3 aromatic carbocycles. The van der Waals surface area contributed by atoms with Crippen molar-refractivity contribution < 1.29 is 38.1 Å². The summed E-state index contributed by atoms with van der Waals surface area (Å²) < 4.78 is 13.6. The standard InChI is InChI=1S/C55H59ClN8O7S/c1-31(36-15-17-37(18-16-36)46-32(2)58-30-72-46)60-48(67)44-24-40(70-33(3)65)28-63(44)50(69)47(53(4,5)6)61-45(66)29-62-26-35(25-59-62)13-12-34-14-20-41-38(22-34)27-64(49(41)68)51-54(7,8)52(55(51,9)10)71-39-19-21-43(57-11)42(56)23-39/h14-23,25-26,30-31,40,44,47,51-52H,24,27-29H2,1-10H3,(H2,60,61,66,67)/p+1/t31-,40+,44-,47+,51?,52?/m0/s1. The number of aromatic amines is 1. The Morgan fingerprint density at radius 3 is 2.38 bits per heavy atom. The van der Waals surface area contributed by atoms with Crippen molar-refractivity contribution in [1.29, 1.82) is 0 Å². The van der Waals surface area contributed by atoms with E-state index in [2.05, 4.69) is 65.1 Å². The van der Waals surface area contributed by atoms with Crippen molar-refractivity contribution in [3.8, 4) is 28.0 Å². The fourth-order valence-electron chi connectivity index (χ4n) is 11.0. The van der Waals surface area contributed by atoms with Crippen molar-refractivity contribution in [2.45, 2.75) is 125 Å². The maximum Gasteiger partial charge on any atom is 0.302 e. The van der Waals surface area contributed by atoms with Crippen molar-refractivity contribution in [3.05, 3.63) is 129 Å². The Morgan fingerprint density at radius 1 is 1.03 bits per heavy atom. The second-order valence-electron chi connectivity index (χ2n) is 21.3. The van der Waals surface area contributed by atoms with Gasteiger partial charge in [-0.1, -0.05) is 102 Å². The molecule has 1 aliphatic carbocycles. The van der Waals surface area contributed by atoms with E-state index in [-0.39, 0.29) is 37.6 Å². The number of carbonyl (C=O) groups is 5. The van der Waals surface area contributed by atoms with E-state index >= 15 is 0 Å². The number of carbonyl (C=O) groups excluding carboxylic acids is 5.